The Morgan fingerprint density at radius 2 is 1.75 bits per heavy atom. The Bertz CT molecular complexity index is 639. The molecule has 0 saturated carbocycles. The third-order valence-corrected chi connectivity index (χ3v) is 3.67. The first-order valence-corrected chi connectivity index (χ1v) is 7.17. The highest BCUT2D eigenvalue weighted by Crippen LogP contribution is 2.36. The molecule has 0 aliphatic heterocycles. The predicted molar refractivity (Wildman–Crippen MR) is 86.2 cm³/mol. The maximum Gasteiger partial charge on any atom is 0.150 e. The van der Waals surface area contributed by atoms with Crippen LogP contribution in [0.1, 0.15) is 30.9 Å². The Balaban J connectivity index is 2.40. The summed E-state index contributed by atoms with van der Waals surface area (Å²) in [6, 6.07) is 9.07. The minimum Gasteiger partial charge on any atom is -0.455 e. The van der Waals surface area contributed by atoms with E-state index in [-0.39, 0.29) is 0 Å². The molecule has 0 aliphatic carbocycles. The third-order valence-electron chi connectivity index (χ3n) is 3.11. The van der Waals surface area contributed by atoms with E-state index >= 15 is 0 Å². The van der Waals surface area contributed by atoms with E-state index in [4.69, 9.17) is 33.7 Å². The molecule has 106 valence electrons. The molecule has 20 heavy (non-hydrogen) atoms. The molecule has 0 heterocycles. The highest BCUT2D eigenvalue weighted by Gasteiger charge is 2.12. The van der Waals surface area contributed by atoms with Crippen LogP contribution in [0, 0.1) is 6.92 Å². The van der Waals surface area contributed by atoms with Gasteiger partial charge in [0.2, 0.25) is 0 Å². The zero-order chi connectivity index (χ0) is 14.9. The molecule has 0 aliphatic rings. The number of anilines is 1. The van der Waals surface area contributed by atoms with Gasteiger partial charge >= 0.3 is 0 Å². The van der Waals surface area contributed by atoms with E-state index in [1.54, 1.807) is 18.2 Å². The second-order valence-electron chi connectivity index (χ2n) is 5.08. The van der Waals surface area contributed by atoms with E-state index in [0.29, 0.717) is 22.4 Å². The van der Waals surface area contributed by atoms with Crippen molar-refractivity contribution >= 4 is 28.9 Å². The number of halogens is 2. The lowest BCUT2D eigenvalue weighted by Crippen LogP contribution is -1.96. The van der Waals surface area contributed by atoms with Gasteiger partial charge in [0.15, 0.2) is 0 Å². The fourth-order valence-electron chi connectivity index (χ4n) is 1.95. The van der Waals surface area contributed by atoms with E-state index < -0.39 is 0 Å². The minimum atomic E-state index is 0.327. The highest BCUT2D eigenvalue weighted by atomic mass is 35.5. The number of rotatable bonds is 3. The van der Waals surface area contributed by atoms with Crippen LogP contribution in [0.4, 0.5) is 5.69 Å². The molecular weight excluding hydrogens is 293 g/mol. The average molecular weight is 310 g/mol. The Labute approximate surface area is 129 Å². The van der Waals surface area contributed by atoms with Crippen LogP contribution in [-0.4, -0.2) is 0 Å². The fourth-order valence-corrected chi connectivity index (χ4v) is 2.57. The molecule has 0 fully saturated rings. The van der Waals surface area contributed by atoms with Gasteiger partial charge in [0.05, 0.1) is 5.69 Å². The van der Waals surface area contributed by atoms with Crippen molar-refractivity contribution in [2.45, 2.75) is 26.7 Å². The summed E-state index contributed by atoms with van der Waals surface area (Å²) in [7, 11) is 0. The molecule has 2 aromatic carbocycles. The lowest BCUT2D eigenvalue weighted by molar-refractivity contribution is 0.480. The second kappa shape index (κ2) is 5.94. The van der Waals surface area contributed by atoms with E-state index in [9.17, 15) is 0 Å². The van der Waals surface area contributed by atoms with Crippen LogP contribution in [0.2, 0.25) is 10.0 Å². The second-order valence-corrected chi connectivity index (χ2v) is 5.92. The van der Waals surface area contributed by atoms with Gasteiger partial charge in [-0.05, 0) is 54.3 Å². The van der Waals surface area contributed by atoms with E-state index in [1.807, 2.05) is 19.1 Å². The molecule has 0 atom stereocenters. The van der Waals surface area contributed by atoms with Crippen LogP contribution in [0.25, 0.3) is 0 Å². The van der Waals surface area contributed by atoms with Gasteiger partial charge in [-0.1, -0.05) is 37.0 Å². The van der Waals surface area contributed by atoms with Gasteiger partial charge in [0.1, 0.15) is 11.5 Å². The first-order chi connectivity index (χ1) is 9.38. The van der Waals surface area contributed by atoms with Gasteiger partial charge in [-0.15, -0.1) is 0 Å². The number of hydrogen-bond donors (Lipinski definition) is 1. The van der Waals surface area contributed by atoms with Crippen LogP contribution in [0.5, 0.6) is 11.5 Å². The summed E-state index contributed by atoms with van der Waals surface area (Å²) in [5, 5.41) is 1.35. The molecule has 2 nitrogen and oxygen atoms in total. The van der Waals surface area contributed by atoms with Crippen molar-refractivity contribution < 1.29 is 4.74 Å². The number of nitrogen functional groups attached to an aromatic ring is 1. The first-order valence-electron chi connectivity index (χ1n) is 6.41. The van der Waals surface area contributed by atoms with E-state index in [2.05, 4.69) is 13.8 Å². The topological polar surface area (TPSA) is 35.2 Å². The van der Waals surface area contributed by atoms with Crippen molar-refractivity contribution in [3.05, 3.63) is 51.5 Å². The molecule has 0 aromatic heterocycles. The Morgan fingerprint density at radius 3 is 2.35 bits per heavy atom. The summed E-state index contributed by atoms with van der Waals surface area (Å²) in [6.07, 6.45) is 0. The number of benzene rings is 2. The van der Waals surface area contributed by atoms with Crippen molar-refractivity contribution in [1.29, 1.82) is 0 Å². The van der Waals surface area contributed by atoms with Gasteiger partial charge in [-0.2, -0.15) is 0 Å². The summed E-state index contributed by atoms with van der Waals surface area (Å²) in [5.74, 6) is 1.68. The quantitative estimate of drug-likeness (QED) is 0.727. The zero-order valence-corrected chi connectivity index (χ0v) is 13.2. The Morgan fingerprint density at radius 1 is 1.05 bits per heavy atom. The maximum absolute atomic E-state index is 6.25. The van der Waals surface area contributed by atoms with Crippen molar-refractivity contribution in [3.8, 4) is 11.5 Å². The molecule has 2 N–H and O–H groups in total. The minimum absolute atomic E-state index is 0.327. The fraction of sp³-hybridized carbons (Fsp3) is 0.250. The van der Waals surface area contributed by atoms with Crippen LogP contribution in [0.3, 0.4) is 0 Å². The van der Waals surface area contributed by atoms with Crippen LogP contribution < -0.4 is 10.5 Å². The monoisotopic (exact) mass is 309 g/mol. The summed E-state index contributed by atoms with van der Waals surface area (Å²) < 4.78 is 5.90. The van der Waals surface area contributed by atoms with Crippen molar-refractivity contribution in [1.82, 2.24) is 0 Å². The van der Waals surface area contributed by atoms with E-state index in [1.165, 1.54) is 0 Å². The zero-order valence-electron chi connectivity index (χ0n) is 11.7. The van der Waals surface area contributed by atoms with Gasteiger partial charge in [-0.25, -0.2) is 0 Å². The standard InChI is InChI=1S/C16H17Cl2NO/c1-9(2)12-8-16(10(3)6-13(12)18)20-15-5-4-11(17)7-14(15)19/h4-9H,19H2,1-3H3. The molecule has 4 heteroatoms. The lowest BCUT2D eigenvalue weighted by Gasteiger charge is -2.15. The van der Waals surface area contributed by atoms with E-state index in [0.717, 1.165) is 21.9 Å². The van der Waals surface area contributed by atoms with Crippen molar-refractivity contribution in [2.75, 3.05) is 5.73 Å². The van der Waals surface area contributed by atoms with Crippen LogP contribution >= 0.6 is 23.2 Å². The molecular formula is C16H17Cl2NO. The maximum atomic E-state index is 6.25. The van der Waals surface area contributed by atoms with Crippen molar-refractivity contribution in [2.24, 2.45) is 0 Å². The molecule has 0 bridgehead atoms. The highest BCUT2D eigenvalue weighted by molar-refractivity contribution is 6.31. The Kier molecular flexibility index (Phi) is 4.46. The van der Waals surface area contributed by atoms with Gasteiger partial charge in [0, 0.05) is 10.0 Å². The molecule has 2 aromatic rings. The largest absolute Gasteiger partial charge is 0.455 e. The van der Waals surface area contributed by atoms with Gasteiger partial charge < -0.3 is 10.5 Å². The predicted octanol–water partition coefficient (Wildman–Crippen LogP) is 5.80. The summed E-state index contributed by atoms with van der Waals surface area (Å²) in [4.78, 5) is 0. The normalized spacial score (nSPS) is 10.9. The molecule has 0 spiro atoms. The first kappa shape index (κ1) is 15.0. The number of aryl methyl sites for hydroxylation is 1. The van der Waals surface area contributed by atoms with Gasteiger partial charge in [-0.3, -0.25) is 0 Å². The van der Waals surface area contributed by atoms with Crippen LogP contribution in [0.15, 0.2) is 30.3 Å². The summed E-state index contributed by atoms with van der Waals surface area (Å²) >= 11 is 12.1. The molecule has 0 amide bonds. The third kappa shape index (κ3) is 3.20. The van der Waals surface area contributed by atoms with Crippen LogP contribution in [-0.2, 0) is 0 Å². The van der Waals surface area contributed by atoms with Crippen molar-refractivity contribution in [3.63, 3.8) is 0 Å². The molecule has 0 radical (unpaired) electrons. The number of hydrogen-bond acceptors (Lipinski definition) is 2. The SMILES string of the molecule is Cc1cc(Cl)c(C(C)C)cc1Oc1ccc(Cl)cc1N. The summed E-state index contributed by atoms with van der Waals surface area (Å²) in [6.45, 7) is 6.14. The smallest absolute Gasteiger partial charge is 0.150 e. The molecule has 0 unspecified atom stereocenters. The molecule has 2 rings (SSSR count). The number of ether oxygens (including phenoxy) is 1. The number of nitrogens with two attached hydrogens (primary N) is 1. The average Bonchev–Trinajstić information content (AvgIpc) is 2.35. The molecule has 0 saturated heterocycles. The van der Waals surface area contributed by atoms with Gasteiger partial charge in [0.25, 0.3) is 0 Å². The Hall–Kier alpha value is -1.38. The lowest BCUT2D eigenvalue weighted by atomic mass is 10.0. The summed E-state index contributed by atoms with van der Waals surface area (Å²) in [5.41, 5.74) is 8.45.